The van der Waals surface area contributed by atoms with Gasteiger partial charge in [-0.2, -0.15) is 0 Å². The topological polar surface area (TPSA) is 50.4 Å². The van der Waals surface area contributed by atoms with Gasteiger partial charge in [-0.1, -0.05) is 13.8 Å². The summed E-state index contributed by atoms with van der Waals surface area (Å²) in [7, 11) is 1.62. The lowest BCUT2D eigenvalue weighted by Gasteiger charge is -2.08. The Hall–Kier alpha value is -1.55. The fourth-order valence-electron chi connectivity index (χ4n) is 2.16. The number of rotatable bonds is 6. The normalized spacial score (nSPS) is 19.8. The molecule has 1 aromatic rings. The van der Waals surface area contributed by atoms with Gasteiger partial charge in [-0.15, -0.1) is 0 Å². The molecule has 1 aliphatic rings. The van der Waals surface area contributed by atoms with E-state index in [1.807, 2.05) is 24.3 Å². The van der Waals surface area contributed by atoms with Crippen LogP contribution in [0.2, 0.25) is 0 Å². The van der Waals surface area contributed by atoms with Crippen molar-refractivity contribution in [1.29, 1.82) is 0 Å². The summed E-state index contributed by atoms with van der Waals surface area (Å²) in [5.74, 6) is 1.48. The van der Waals surface area contributed by atoms with Crippen molar-refractivity contribution in [1.82, 2.24) is 5.32 Å². The maximum Gasteiger partial charge on any atom is 0.238 e. The number of anilines is 1. The third kappa shape index (κ3) is 3.96. The standard InChI is InChI=1S/C15H22N2O2/c1-15(2)8-11(15)9-16-10-14(18)17-12-4-6-13(19-3)7-5-12/h4-7,11,16H,8-10H2,1-3H3,(H,17,18). The number of hydrogen-bond acceptors (Lipinski definition) is 3. The second-order valence-corrected chi connectivity index (χ2v) is 5.80. The van der Waals surface area contributed by atoms with E-state index in [1.165, 1.54) is 6.42 Å². The van der Waals surface area contributed by atoms with Crippen molar-refractivity contribution in [3.8, 4) is 5.75 Å². The van der Waals surface area contributed by atoms with Gasteiger partial charge >= 0.3 is 0 Å². The van der Waals surface area contributed by atoms with Gasteiger partial charge in [-0.25, -0.2) is 0 Å². The Bertz CT molecular complexity index is 440. The zero-order valence-corrected chi connectivity index (χ0v) is 11.8. The molecule has 0 aromatic heterocycles. The zero-order valence-electron chi connectivity index (χ0n) is 11.8. The molecule has 2 N–H and O–H groups in total. The van der Waals surface area contributed by atoms with Crippen LogP contribution in [0.3, 0.4) is 0 Å². The molecule has 2 rings (SSSR count). The van der Waals surface area contributed by atoms with Crippen molar-refractivity contribution >= 4 is 11.6 Å². The molecule has 19 heavy (non-hydrogen) atoms. The monoisotopic (exact) mass is 262 g/mol. The van der Waals surface area contributed by atoms with Gasteiger partial charge in [0.2, 0.25) is 5.91 Å². The molecule has 1 atom stereocenters. The number of nitrogens with one attached hydrogen (secondary N) is 2. The highest BCUT2D eigenvalue weighted by Gasteiger charge is 2.44. The molecule has 104 valence electrons. The van der Waals surface area contributed by atoms with Crippen molar-refractivity contribution in [2.24, 2.45) is 11.3 Å². The van der Waals surface area contributed by atoms with E-state index in [2.05, 4.69) is 24.5 Å². The third-order valence-corrected chi connectivity index (χ3v) is 3.77. The van der Waals surface area contributed by atoms with Gasteiger partial charge in [0.15, 0.2) is 0 Å². The number of amides is 1. The number of hydrogen-bond donors (Lipinski definition) is 2. The van der Waals surface area contributed by atoms with Crippen molar-refractivity contribution in [3.05, 3.63) is 24.3 Å². The molecule has 0 radical (unpaired) electrons. The molecule has 1 aliphatic carbocycles. The first-order chi connectivity index (χ1) is 9.01. The molecule has 1 amide bonds. The van der Waals surface area contributed by atoms with E-state index in [-0.39, 0.29) is 5.91 Å². The van der Waals surface area contributed by atoms with E-state index in [9.17, 15) is 4.79 Å². The summed E-state index contributed by atoms with van der Waals surface area (Å²) >= 11 is 0. The minimum Gasteiger partial charge on any atom is -0.497 e. The Morgan fingerprint density at radius 2 is 2.00 bits per heavy atom. The van der Waals surface area contributed by atoms with Crippen LogP contribution in [0, 0.1) is 11.3 Å². The summed E-state index contributed by atoms with van der Waals surface area (Å²) in [5.41, 5.74) is 1.25. The highest BCUT2D eigenvalue weighted by Crippen LogP contribution is 2.50. The summed E-state index contributed by atoms with van der Waals surface area (Å²) < 4.78 is 5.07. The molecular formula is C15H22N2O2. The van der Waals surface area contributed by atoms with Crippen LogP contribution < -0.4 is 15.4 Å². The molecule has 4 nitrogen and oxygen atoms in total. The van der Waals surface area contributed by atoms with Crippen LogP contribution in [-0.2, 0) is 4.79 Å². The molecular weight excluding hydrogens is 240 g/mol. The van der Waals surface area contributed by atoms with Gasteiger partial charge in [0.05, 0.1) is 13.7 Å². The van der Waals surface area contributed by atoms with Crippen LogP contribution >= 0.6 is 0 Å². The molecule has 1 unspecified atom stereocenters. The van der Waals surface area contributed by atoms with Crippen LogP contribution in [-0.4, -0.2) is 26.1 Å². The highest BCUT2D eigenvalue weighted by molar-refractivity contribution is 5.92. The Morgan fingerprint density at radius 1 is 1.37 bits per heavy atom. The first kappa shape index (κ1) is 13.9. The van der Waals surface area contributed by atoms with E-state index < -0.39 is 0 Å². The molecule has 1 saturated carbocycles. The number of methoxy groups -OCH3 is 1. The molecule has 1 fully saturated rings. The van der Waals surface area contributed by atoms with Gasteiger partial charge in [0.1, 0.15) is 5.75 Å². The smallest absolute Gasteiger partial charge is 0.238 e. The van der Waals surface area contributed by atoms with E-state index in [4.69, 9.17) is 4.74 Å². The van der Waals surface area contributed by atoms with Crippen molar-refractivity contribution in [2.45, 2.75) is 20.3 Å². The average molecular weight is 262 g/mol. The predicted molar refractivity (Wildman–Crippen MR) is 76.4 cm³/mol. The minimum absolute atomic E-state index is 0.0105. The van der Waals surface area contributed by atoms with E-state index >= 15 is 0 Å². The summed E-state index contributed by atoms with van der Waals surface area (Å²) in [4.78, 5) is 11.7. The first-order valence-corrected chi connectivity index (χ1v) is 6.66. The van der Waals surface area contributed by atoms with E-state index in [1.54, 1.807) is 7.11 Å². The Kier molecular flexibility index (Phi) is 4.10. The van der Waals surface area contributed by atoms with Crippen molar-refractivity contribution < 1.29 is 9.53 Å². The third-order valence-electron chi connectivity index (χ3n) is 3.77. The number of carbonyl (C=O) groups excluding carboxylic acids is 1. The second kappa shape index (κ2) is 5.61. The SMILES string of the molecule is COc1ccc(NC(=O)CNCC2CC2(C)C)cc1. The maximum atomic E-state index is 11.7. The van der Waals surface area contributed by atoms with Crippen molar-refractivity contribution in [3.63, 3.8) is 0 Å². The van der Waals surface area contributed by atoms with E-state index in [0.29, 0.717) is 17.9 Å². The zero-order chi connectivity index (χ0) is 13.9. The lowest BCUT2D eigenvalue weighted by Crippen LogP contribution is -2.30. The Balaban J connectivity index is 1.69. The molecule has 0 aliphatic heterocycles. The van der Waals surface area contributed by atoms with Crippen LogP contribution in [0.25, 0.3) is 0 Å². The van der Waals surface area contributed by atoms with Gasteiger partial charge in [0.25, 0.3) is 0 Å². The minimum atomic E-state index is -0.0105. The summed E-state index contributed by atoms with van der Waals surface area (Å²) in [6.45, 7) is 5.80. The van der Waals surface area contributed by atoms with E-state index in [0.717, 1.165) is 18.0 Å². The lowest BCUT2D eigenvalue weighted by atomic mass is 10.1. The van der Waals surface area contributed by atoms with Crippen LogP contribution in [0.5, 0.6) is 5.75 Å². The fraction of sp³-hybridized carbons (Fsp3) is 0.533. The molecule has 1 aromatic carbocycles. The summed E-state index contributed by atoms with van der Waals surface area (Å²) in [5, 5.41) is 6.06. The van der Waals surface area contributed by atoms with Gasteiger partial charge in [0, 0.05) is 5.69 Å². The predicted octanol–water partition coefficient (Wildman–Crippen LogP) is 2.27. The van der Waals surface area contributed by atoms with Crippen LogP contribution in [0.15, 0.2) is 24.3 Å². The van der Waals surface area contributed by atoms with Crippen LogP contribution in [0.4, 0.5) is 5.69 Å². The largest absolute Gasteiger partial charge is 0.497 e. The molecule has 0 bridgehead atoms. The van der Waals surface area contributed by atoms with Gasteiger partial charge < -0.3 is 15.4 Å². The number of benzene rings is 1. The lowest BCUT2D eigenvalue weighted by molar-refractivity contribution is -0.115. The van der Waals surface area contributed by atoms with Gasteiger partial charge in [-0.05, 0) is 48.6 Å². The molecule has 0 spiro atoms. The van der Waals surface area contributed by atoms with Crippen LogP contribution in [0.1, 0.15) is 20.3 Å². The number of carbonyl (C=O) groups is 1. The summed E-state index contributed by atoms with van der Waals surface area (Å²) in [6, 6.07) is 7.33. The molecule has 0 heterocycles. The van der Waals surface area contributed by atoms with Crippen molar-refractivity contribution in [2.75, 3.05) is 25.5 Å². The van der Waals surface area contributed by atoms with Gasteiger partial charge in [-0.3, -0.25) is 4.79 Å². The quantitative estimate of drug-likeness (QED) is 0.827. The maximum absolute atomic E-state index is 11.7. The molecule has 0 saturated heterocycles. The Labute approximate surface area is 114 Å². The Morgan fingerprint density at radius 3 is 2.53 bits per heavy atom. The number of ether oxygens (including phenoxy) is 1. The summed E-state index contributed by atoms with van der Waals surface area (Å²) in [6.07, 6.45) is 1.25. The second-order valence-electron chi connectivity index (χ2n) is 5.80. The molecule has 4 heteroatoms. The highest BCUT2D eigenvalue weighted by atomic mass is 16.5. The first-order valence-electron chi connectivity index (χ1n) is 6.66. The fourth-order valence-corrected chi connectivity index (χ4v) is 2.16. The average Bonchev–Trinajstić information content (AvgIpc) is 2.98.